The zero-order valence-electron chi connectivity index (χ0n) is 12.1. The summed E-state index contributed by atoms with van der Waals surface area (Å²) in [5, 5.41) is 5.42. The van der Waals surface area contributed by atoms with Crippen molar-refractivity contribution in [2.75, 3.05) is 11.9 Å². The van der Waals surface area contributed by atoms with Gasteiger partial charge in [0.1, 0.15) is 0 Å². The highest BCUT2D eigenvalue weighted by Gasteiger charge is 2.02. The first kappa shape index (κ1) is 14.8. The van der Waals surface area contributed by atoms with Crippen molar-refractivity contribution in [2.24, 2.45) is 0 Å². The van der Waals surface area contributed by atoms with Crippen LogP contribution in [0.5, 0.6) is 0 Å². The lowest BCUT2D eigenvalue weighted by Gasteiger charge is -2.09. The maximum Gasteiger partial charge on any atom is 0.319 e. The summed E-state index contributed by atoms with van der Waals surface area (Å²) in [6, 6.07) is 8.69. The van der Waals surface area contributed by atoms with Crippen LogP contribution in [0.3, 0.4) is 0 Å². The SMILES string of the molecule is Cc1ccc(NC(=O)NCCn2cnc(C)cc2=O)cc1. The fraction of sp³-hybridized carbons (Fsp3) is 0.267. The van der Waals surface area contributed by atoms with Gasteiger partial charge in [-0.25, -0.2) is 9.78 Å². The number of nitrogens with zero attached hydrogens (tertiary/aromatic N) is 2. The molecule has 2 aromatic rings. The van der Waals surface area contributed by atoms with Crippen molar-refractivity contribution in [3.63, 3.8) is 0 Å². The van der Waals surface area contributed by atoms with Crippen LogP contribution in [0.2, 0.25) is 0 Å². The van der Waals surface area contributed by atoms with Crippen molar-refractivity contribution >= 4 is 11.7 Å². The molecule has 0 spiro atoms. The van der Waals surface area contributed by atoms with Gasteiger partial charge < -0.3 is 10.6 Å². The standard InChI is InChI=1S/C15H18N4O2/c1-11-3-5-13(6-4-11)18-15(21)16-7-8-19-10-17-12(2)9-14(19)20/h3-6,9-10H,7-8H2,1-2H3,(H2,16,18,21). The highest BCUT2D eigenvalue weighted by Crippen LogP contribution is 2.07. The number of aromatic nitrogens is 2. The van der Waals surface area contributed by atoms with Crippen LogP contribution in [0, 0.1) is 13.8 Å². The number of carbonyl (C=O) groups excluding carboxylic acids is 1. The molecule has 0 atom stereocenters. The van der Waals surface area contributed by atoms with Gasteiger partial charge in [-0.2, -0.15) is 0 Å². The Kier molecular flexibility index (Phi) is 4.71. The Balaban J connectivity index is 1.81. The van der Waals surface area contributed by atoms with Crippen molar-refractivity contribution in [1.29, 1.82) is 0 Å². The summed E-state index contributed by atoms with van der Waals surface area (Å²) < 4.78 is 1.46. The maximum absolute atomic E-state index is 11.7. The van der Waals surface area contributed by atoms with Crippen LogP contribution in [0.15, 0.2) is 41.5 Å². The van der Waals surface area contributed by atoms with Crippen LogP contribution in [-0.4, -0.2) is 22.1 Å². The number of aryl methyl sites for hydroxylation is 2. The first-order valence-corrected chi connectivity index (χ1v) is 6.69. The fourth-order valence-electron chi connectivity index (χ4n) is 1.79. The molecule has 1 aromatic carbocycles. The minimum Gasteiger partial charge on any atom is -0.336 e. The van der Waals surface area contributed by atoms with E-state index in [9.17, 15) is 9.59 Å². The van der Waals surface area contributed by atoms with E-state index in [4.69, 9.17) is 0 Å². The van der Waals surface area contributed by atoms with E-state index in [0.717, 1.165) is 11.3 Å². The molecule has 0 aliphatic rings. The second kappa shape index (κ2) is 6.69. The van der Waals surface area contributed by atoms with E-state index < -0.39 is 0 Å². The van der Waals surface area contributed by atoms with Gasteiger partial charge in [-0.05, 0) is 26.0 Å². The highest BCUT2D eigenvalue weighted by atomic mass is 16.2. The quantitative estimate of drug-likeness (QED) is 0.898. The number of urea groups is 1. The van der Waals surface area contributed by atoms with E-state index in [2.05, 4.69) is 15.6 Å². The van der Waals surface area contributed by atoms with Crippen LogP contribution >= 0.6 is 0 Å². The Morgan fingerprint density at radius 1 is 1.24 bits per heavy atom. The predicted molar refractivity (Wildman–Crippen MR) is 81.4 cm³/mol. The largest absolute Gasteiger partial charge is 0.336 e. The molecule has 0 unspecified atom stereocenters. The average molecular weight is 286 g/mol. The van der Waals surface area contributed by atoms with E-state index in [0.29, 0.717) is 18.8 Å². The van der Waals surface area contributed by atoms with Crippen LogP contribution < -0.4 is 16.2 Å². The van der Waals surface area contributed by atoms with Gasteiger partial charge in [0.2, 0.25) is 0 Å². The number of nitrogens with one attached hydrogen (secondary N) is 2. The van der Waals surface area contributed by atoms with E-state index >= 15 is 0 Å². The minimum atomic E-state index is -0.299. The number of anilines is 1. The van der Waals surface area contributed by atoms with Gasteiger partial charge in [-0.3, -0.25) is 9.36 Å². The fourth-order valence-corrected chi connectivity index (χ4v) is 1.79. The smallest absolute Gasteiger partial charge is 0.319 e. The molecule has 2 N–H and O–H groups in total. The number of rotatable bonds is 4. The molecule has 6 nitrogen and oxygen atoms in total. The zero-order valence-corrected chi connectivity index (χ0v) is 12.1. The lowest BCUT2D eigenvalue weighted by Crippen LogP contribution is -2.33. The number of benzene rings is 1. The molecule has 2 rings (SSSR count). The molecule has 0 fully saturated rings. The van der Waals surface area contributed by atoms with Crippen molar-refractivity contribution in [3.05, 3.63) is 58.3 Å². The Bertz CT molecular complexity index is 677. The normalized spacial score (nSPS) is 10.2. The van der Waals surface area contributed by atoms with Gasteiger partial charge in [0.15, 0.2) is 0 Å². The Morgan fingerprint density at radius 2 is 1.95 bits per heavy atom. The lowest BCUT2D eigenvalue weighted by atomic mass is 10.2. The third-order valence-electron chi connectivity index (χ3n) is 2.96. The molecule has 0 aliphatic carbocycles. The molecule has 110 valence electrons. The topological polar surface area (TPSA) is 76.0 Å². The van der Waals surface area contributed by atoms with Gasteiger partial charge in [-0.15, -0.1) is 0 Å². The summed E-state index contributed by atoms with van der Waals surface area (Å²) in [5.41, 5.74) is 2.42. The van der Waals surface area contributed by atoms with Crippen molar-refractivity contribution in [2.45, 2.75) is 20.4 Å². The summed E-state index contributed by atoms with van der Waals surface area (Å²) in [4.78, 5) is 27.4. The summed E-state index contributed by atoms with van der Waals surface area (Å²) in [6.07, 6.45) is 1.48. The van der Waals surface area contributed by atoms with Gasteiger partial charge in [0.05, 0.1) is 6.33 Å². The summed E-state index contributed by atoms with van der Waals surface area (Å²) in [7, 11) is 0. The van der Waals surface area contributed by atoms with Crippen LogP contribution in [-0.2, 0) is 6.54 Å². The molecule has 0 saturated heterocycles. The molecule has 21 heavy (non-hydrogen) atoms. The first-order chi connectivity index (χ1) is 10.0. The van der Waals surface area contributed by atoms with E-state index in [-0.39, 0.29) is 11.6 Å². The monoisotopic (exact) mass is 286 g/mol. The Hall–Kier alpha value is -2.63. The summed E-state index contributed by atoms with van der Waals surface area (Å²) >= 11 is 0. The molecule has 0 bridgehead atoms. The molecule has 1 heterocycles. The van der Waals surface area contributed by atoms with Gasteiger partial charge in [0, 0.05) is 30.5 Å². The van der Waals surface area contributed by atoms with Gasteiger partial charge in [0.25, 0.3) is 5.56 Å². The minimum absolute atomic E-state index is 0.122. The lowest BCUT2D eigenvalue weighted by molar-refractivity contribution is 0.251. The maximum atomic E-state index is 11.7. The van der Waals surface area contributed by atoms with E-state index in [1.165, 1.54) is 17.0 Å². The molecule has 6 heteroatoms. The average Bonchev–Trinajstić information content (AvgIpc) is 2.44. The Morgan fingerprint density at radius 3 is 2.62 bits per heavy atom. The van der Waals surface area contributed by atoms with Gasteiger partial charge >= 0.3 is 6.03 Å². The highest BCUT2D eigenvalue weighted by molar-refractivity contribution is 5.89. The number of carbonyl (C=O) groups is 1. The van der Waals surface area contributed by atoms with Crippen LogP contribution in [0.4, 0.5) is 10.5 Å². The number of amides is 2. The van der Waals surface area contributed by atoms with Crippen molar-refractivity contribution < 1.29 is 4.79 Å². The number of hydrogen-bond acceptors (Lipinski definition) is 3. The van der Waals surface area contributed by atoms with Crippen molar-refractivity contribution in [1.82, 2.24) is 14.9 Å². The summed E-state index contributed by atoms with van der Waals surface area (Å²) in [5.74, 6) is 0. The summed E-state index contributed by atoms with van der Waals surface area (Å²) in [6.45, 7) is 4.48. The molecule has 0 saturated carbocycles. The van der Waals surface area contributed by atoms with Crippen LogP contribution in [0.1, 0.15) is 11.3 Å². The molecule has 0 aliphatic heterocycles. The Labute approximate surface area is 122 Å². The number of hydrogen-bond donors (Lipinski definition) is 2. The molecule has 0 radical (unpaired) electrons. The van der Waals surface area contributed by atoms with E-state index in [1.807, 2.05) is 31.2 Å². The van der Waals surface area contributed by atoms with E-state index in [1.54, 1.807) is 6.92 Å². The first-order valence-electron chi connectivity index (χ1n) is 6.69. The second-order valence-electron chi connectivity index (χ2n) is 4.81. The molecular weight excluding hydrogens is 268 g/mol. The third-order valence-corrected chi connectivity index (χ3v) is 2.96. The zero-order chi connectivity index (χ0) is 15.2. The molecule has 1 aromatic heterocycles. The molecule has 2 amide bonds. The predicted octanol–water partition coefficient (Wildman–Crippen LogP) is 1.68. The molecular formula is C15H18N4O2. The second-order valence-corrected chi connectivity index (χ2v) is 4.81. The third kappa shape index (κ3) is 4.45. The van der Waals surface area contributed by atoms with Crippen LogP contribution in [0.25, 0.3) is 0 Å². The van der Waals surface area contributed by atoms with Crippen molar-refractivity contribution in [3.8, 4) is 0 Å². The van der Waals surface area contributed by atoms with Gasteiger partial charge in [-0.1, -0.05) is 17.7 Å².